The predicted octanol–water partition coefficient (Wildman–Crippen LogP) is 5.77. The first-order valence-electron chi connectivity index (χ1n) is 7.01. The summed E-state index contributed by atoms with van der Waals surface area (Å²) in [5, 5.41) is 0. The average molecular weight is 226 g/mol. The van der Waals surface area contributed by atoms with Crippen LogP contribution in [-0.4, -0.2) is 0 Å². The summed E-state index contributed by atoms with van der Waals surface area (Å²) >= 11 is 0. The van der Waals surface area contributed by atoms with Gasteiger partial charge in [-0.15, -0.1) is 0 Å². The molecule has 0 aromatic heterocycles. The largest absolute Gasteiger partial charge is 0.0654 e. The summed E-state index contributed by atoms with van der Waals surface area (Å²) in [4.78, 5) is 0. The third-order valence-corrected chi connectivity index (χ3v) is 4.64. The normalized spacial score (nSPS) is 19.3. The van der Waals surface area contributed by atoms with Crippen LogP contribution in [0.5, 0.6) is 0 Å². The lowest BCUT2D eigenvalue weighted by Crippen LogP contribution is -2.35. The van der Waals surface area contributed by atoms with Crippen molar-refractivity contribution in [1.82, 2.24) is 0 Å². The highest BCUT2D eigenvalue weighted by molar-refractivity contribution is 4.85. The van der Waals surface area contributed by atoms with Gasteiger partial charge < -0.3 is 0 Å². The Morgan fingerprint density at radius 3 is 1.25 bits per heavy atom. The first-order valence-corrected chi connectivity index (χ1v) is 7.01. The molecule has 98 valence electrons. The molecule has 0 nitrogen and oxygen atoms in total. The van der Waals surface area contributed by atoms with Gasteiger partial charge in [-0.2, -0.15) is 0 Å². The standard InChI is InChI=1S/C16H34/c1-10-11-14(12(2)15(4,5)6)13(3)16(7,8)9/h12-14H,10-11H2,1-9H3. The van der Waals surface area contributed by atoms with E-state index in [9.17, 15) is 0 Å². The SMILES string of the molecule is CCCC(C(C)C(C)(C)C)C(C)C(C)(C)C. The second-order valence-corrected chi connectivity index (χ2v) is 7.76. The number of rotatable bonds is 4. The Hall–Kier alpha value is 0. The molecule has 0 bridgehead atoms. The molecule has 2 atom stereocenters. The van der Waals surface area contributed by atoms with Crippen LogP contribution in [0.15, 0.2) is 0 Å². The van der Waals surface area contributed by atoms with E-state index in [1.54, 1.807) is 0 Å². The summed E-state index contributed by atoms with van der Waals surface area (Å²) in [5.74, 6) is 2.44. The van der Waals surface area contributed by atoms with Gasteiger partial charge >= 0.3 is 0 Å². The fourth-order valence-electron chi connectivity index (χ4n) is 2.55. The van der Waals surface area contributed by atoms with E-state index in [2.05, 4.69) is 62.3 Å². The van der Waals surface area contributed by atoms with Gasteiger partial charge in [0, 0.05) is 0 Å². The van der Waals surface area contributed by atoms with E-state index >= 15 is 0 Å². The van der Waals surface area contributed by atoms with Gasteiger partial charge in [0.1, 0.15) is 0 Å². The van der Waals surface area contributed by atoms with Crippen molar-refractivity contribution in [3.05, 3.63) is 0 Å². The van der Waals surface area contributed by atoms with E-state index < -0.39 is 0 Å². The maximum absolute atomic E-state index is 2.45. The van der Waals surface area contributed by atoms with Crippen molar-refractivity contribution in [2.45, 2.75) is 75.2 Å². The van der Waals surface area contributed by atoms with Gasteiger partial charge in [0.05, 0.1) is 0 Å². The summed E-state index contributed by atoms with van der Waals surface area (Å²) in [6, 6.07) is 0. The fraction of sp³-hybridized carbons (Fsp3) is 1.00. The summed E-state index contributed by atoms with van der Waals surface area (Å²) in [6.45, 7) is 21.5. The lowest BCUT2D eigenvalue weighted by atomic mass is 9.63. The van der Waals surface area contributed by atoms with Crippen molar-refractivity contribution < 1.29 is 0 Å². The molecular weight excluding hydrogens is 192 g/mol. The molecule has 0 aliphatic heterocycles. The zero-order valence-corrected chi connectivity index (χ0v) is 13.1. The third kappa shape index (κ3) is 4.47. The van der Waals surface area contributed by atoms with E-state index in [0.717, 1.165) is 17.8 Å². The Morgan fingerprint density at radius 1 is 0.750 bits per heavy atom. The maximum atomic E-state index is 2.45. The Balaban J connectivity index is 4.87. The van der Waals surface area contributed by atoms with Gasteiger partial charge in [-0.1, -0.05) is 75.2 Å². The fourth-order valence-corrected chi connectivity index (χ4v) is 2.55. The maximum Gasteiger partial charge on any atom is -0.0353 e. The molecule has 0 aromatic rings. The number of hydrogen-bond donors (Lipinski definition) is 0. The molecule has 0 aromatic carbocycles. The summed E-state index contributed by atoms with van der Waals surface area (Å²) < 4.78 is 0. The van der Waals surface area contributed by atoms with E-state index in [0.29, 0.717) is 10.8 Å². The zero-order valence-electron chi connectivity index (χ0n) is 13.1. The first kappa shape index (κ1) is 16.0. The molecule has 0 N–H and O–H groups in total. The van der Waals surface area contributed by atoms with Gasteiger partial charge in [0.2, 0.25) is 0 Å². The zero-order chi connectivity index (χ0) is 13.1. The van der Waals surface area contributed by atoms with Crippen LogP contribution < -0.4 is 0 Å². The molecule has 0 fully saturated rings. The van der Waals surface area contributed by atoms with Crippen LogP contribution in [0, 0.1) is 28.6 Å². The van der Waals surface area contributed by atoms with Crippen LogP contribution in [-0.2, 0) is 0 Å². The molecule has 0 spiro atoms. The highest BCUT2D eigenvalue weighted by Gasteiger charge is 2.35. The molecule has 0 amide bonds. The quantitative estimate of drug-likeness (QED) is 0.571. The van der Waals surface area contributed by atoms with E-state index in [1.165, 1.54) is 12.8 Å². The van der Waals surface area contributed by atoms with Gasteiger partial charge in [0.15, 0.2) is 0 Å². The monoisotopic (exact) mass is 226 g/mol. The van der Waals surface area contributed by atoms with Gasteiger partial charge in [-0.25, -0.2) is 0 Å². The molecule has 0 aliphatic carbocycles. The Bertz CT molecular complexity index is 169. The lowest BCUT2D eigenvalue weighted by Gasteiger charge is -2.43. The van der Waals surface area contributed by atoms with Crippen molar-refractivity contribution >= 4 is 0 Å². The van der Waals surface area contributed by atoms with Crippen LogP contribution in [0.25, 0.3) is 0 Å². The predicted molar refractivity (Wildman–Crippen MR) is 75.6 cm³/mol. The minimum atomic E-state index is 0.430. The molecule has 0 rings (SSSR count). The van der Waals surface area contributed by atoms with Crippen molar-refractivity contribution in [2.75, 3.05) is 0 Å². The van der Waals surface area contributed by atoms with Crippen LogP contribution in [0.4, 0.5) is 0 Å². The minimum absolute atomic E-state index is 0.430. The molecule has 0 heteroatoms. The first-order chi connectivity index (χ1) is 7.01. The van der Waals surface area contributed by atoms with Crippen molar-refractivity contribution in [1.29, 1.82) is 0 Å². The van der Waals surface area contributed by atoms with Gasteiger partial charge in [-0.3, -0.25) is 0 Å². The molecule has 0 heterocycles. The summed E-state index contributed by atoms with van der Waals surface area (Å²) in [5.41, 5.74) is 0.860. The van der Waals surface area contributed by atoms with Crippen molar-refractivity contribution in [3.8, 4) is 0 Å². The van der Waals surface area contributed by atoms with Gasteiger partial charge in [-0.05, 0) is 28.6 Å². The second kappa shape index (κ2) is 5.56. The highest BCUT2D eigenvalue weighted by Crippen LogP contribution is 2.43. The molecule has 16 heavy (non-hydrogen) atoms. The van der Waals surface area contributed by atoms with Gasteiger partial charge in [0.25, 0.3) is 0 Å². The highest BCUT2D eigenvalue weighted by atomic mass is 14.4. The Labute approximate surface area is 104 Å². The van der Waals surface area contributed by atoms with Crippen LogP contribution in [0.3, 0.4) is 0 Å². The van der Waals surface area contributed by atoms with Crippen LogP contribution >= 0.6 is 0 Å². The Morgan fingerprint density at radius 2 is 1.06 bits per heavy atom. The topological polar surface area (TPSA) is 0 Å². The summed E-state index contributed by atoms with van der Waals surface area (Å²) in [7, 11) is 0. The smallest absolute Gasteiger partial charge is 0.0353 e. The molecule has 0 saturated carbocycles. The van der Waals surface area contributed by atoms with E-state index in [1.807, 2.05) is 0 Å². The van der Waals surface area contributed by atoms with Crippen molar-refractivity contribution in [2.24, 2.45) is 28.6 Å². The van der Waals surface area contributed by atoms with E-state index in [-0.39, 0.29) is 0 Å². The molecular formula is C16H34. The molecule has 0 radical (unpaired) electrons. The minimum Gasteiger partial charge on any atom is -0.0654 e. The molecule has 2 unspecified atom stereocenters. The summed E-state index contributed by atoms with van der Waals surface area (Å²) in [6.07, 6.45) is 2.68. The Kier molecular flexibility index (Phi) is 5.56. The molecule has 0 saturated heterocycles. The van der Waals surface area contributed by atoms with Crippen molar-refractivity contribution in [3.63, 3.8) is 0 Å². The van der Waals surface area contributed by atoms with E-state index in [4.69, 9.17) is 0 Å². The average Bonchev–Trinajstić information content (AvgIpc) is 2.09. The number of hydrogen-bond acceptors (Lipinski definition) is 0. The van der Waals surface area contributed by atoms with Crippen LogP contribution in [0.2, 0.25) is 0 Å². The molecule has 0 aliphatic rings. The lowest BCUT2D eigenvalue weighted by molar-refractivity contribution is 0.0665. The third-order valence-electron chi connectivity index (χ3n) is 4.64. The van der Waals surface area contributed by atoms with Crippen LogP contribution in [0.1, 0.15) is 75.2 Å². The second-order valence-electron chi connectivity index (χ2n) is 7.76.